The van der Waals surface area contributed by atoms with Crippen LogP contribution in [0.25, 0.3) is 0 Å². The molecule has 0 rings (SSSR count). The molecule has 74 heavy (non-hydrogen) atoms. The number of carbonyl (C=O) groups excluding carboxylic acids is 3. The molecule has 0 radical (unpaired) electrons. The van der Waals surface area contributed by atoms with Crippen LogP contribution in [0.4, 0.5) is 0 Å². The average Bonchev–Trinajstić information content (AvgIpc) is 3.39. The molecule has 3 unspecified atom stereocenters. The molecule has 0 amide bonds. The van der Waals surface area contributed by atoms with E-state index in [-0.39, 0.29) is 25.9 Å². The topological polar surface area (TPSA) is 155 Å². The number of hydrogen-bond donors (Lipinski definition) is 2. The molecule has 0 aromatic carbocycles. The highest BCUT2D eigenvalue weighted by molar-refractivity contribution is 7.47. The smallest absolute Gasteiger partial charge is 0.462 e. The maximum absolute atomic E-state index is 12.9. The molecule has 0 aromatic rings. The van der Waals surface area contributed by atoms with E-state index < -0.39 is 57.8 Å². The van der Waals surface area contributed by atoms with Crippen LogP contribution in [-0.2, 0) is 42.2 Å². The molecule has 11 nitrogen and oxygen atoms in total. The van der Waals surface area contributed by atoms with Crippen molar-refractivity contribution < 1.29 is 52.2 Å². The molecular weight excluding hydrogens is 952 g/mol. The monoisotopic (exact) mass is 1070 g/mol. The molecular formula is C62H121O11P. The Morgan fingerprint density at radius 2 is 0.541 bits per heavy atom. The Labute approximate surface area is 456 Å². The van der Waals surface area contributed by atoms with Gasteiger partial charge in [-0.15, -0.1) is 0 Å². The zero-order valence-electron chi connectivity index (χ0n) is 48.9. The highest BCUT2D eigenvalue weighted by Gasteiger charge is 2.28. The van der Waals surface area contributed by atoms with E-state index in [9.17, 15) is 28.9 Å². The number of hydrogen-bond acceptors (Lipinski definition) is 10. The molecule has 440 valence electrons. The van der Waals surface area contributed by atoms with Crippen LogP contribution in [0, 0.1) is 0 Å². The summed E-state index contributed by atoms with van der Waals surface area (Å²) in [7, 11) is -4.74. The van der Waals surface area contributed by atoms with Crippen molar-refractivity contribution in [3.8, 4) is 0 Å². The van der Waals surface area contributed by atoms with Gasteiger partial charge in [-0.25, -0.2) is 4.57 Å². The van der Waals surface area contributed by atoms with Crippen LogP contribution in [0.5, 0.6) is 0 Å². The van der Waals surface area contributed by atoms with E-state index in [4.69, 9.17) is 23.3 Å². The second kappa shape index (κ2) is 57.6. The van der Waals surface area contributed by atoms with Gasteiger partial charge in [-0.3, -0.25) is 23.4 Å². The van der Waals surface area contributed by atoms with E-state index in [0.29, 0.717) is 19.3 Å². The predicted octanol–water partition coefficient (Wildman–Crippen LogP) is 19.0. The van der Waals surface area contributed by atoms with E-state index in [1.54, 1.807) is 0 Å². The Kier molecular flexibility index (Phi) is 56.5. The van der Waals surface area contributed by atoms with Gasteiger partial charge in [0.05, 0.1) is 19.8 Å². The van der Waals surface area contributed by atoms with Crippen LogP contribution in [0.3, 0.4) is 0 Å². The summed E-state index contributed by atoms with van der Waals surface area (Å²) in [6, 6.07) is 0. The van der Waals surface area contributed by atoms with Crippen molar-refractivity contribution in [2.45, 2.75) is 354 Å². The fourth-order valence-corrected chi connectivity index (χ4v) is 10.4. The van der Waals surface area contributed by atoms with E-state index in [2.05, 4.69) is 20.8 Å². The second-order valence-corrected chi connectivity index (χ2v) is 23.4. The number of aliphatic hydroxyl groups excluding tert-OH is 1. The van der Waals surface area contributed by atoms with Gasteiger partial charge in [0.15, 0.2) is 6.10 Å². The number of phosphoric acid groups is 1. The Bertz CT molecular complexity index is 1250. The third-order valence-electron chi connectivity index (χ3n) is 14.5. The van der Waals surface area contributed by atoms with E-state index in [0.717, 1.165) is 57.8 Å². The molecule has 0 aliphatic rings. The molecule has 0 heterocycles. The maximum atomic E-state index is 12.9. The lowest BCUT2D eigenvalue weighted by Gasteiger charge is -2.21. The van der Waals surface area contributed by atoms with Crippen molar-refractivity contribution in [2.24, 2.45) is 0 Å². The van der Waals surface area contributed by atoms with Gasteiger partial charge in [-0.2, -0.15) is 0 Å². The third kappa shape index (κ3) is 55.2. The highest BCUT2D eigenvalue weighted by atomic mass is 31.2. The minimum Gasteiger partial charge on any atom is -0.462 e. The summed E-state index contributed by atoms with van der Waals surface area (Å²) in [5, 5.41) is 9.84. The Morgan fingerprint density at radius 1 is 0.324 bits per heavy atom. The van der Waals surface area contributed by atoms with Crippen molar-refractivity contribution in [3.63, 3.8) is 0 Å². The molecule has 12 heteroatoms. The summed E-state index contributed by atoms with van der Waals surface area (Å²) in [5.41, 5.74) is 0. The number of rotatable bonds is 61. The van der Waals surface area contributed by atoms with E-state index >= 15 is 0 Å². The molecule has 0 fully saturated rings. The van der Waals surface area contributed by atoms with Crippen LogP contribution < -0.4 is 0 Å². The van der Waals surface area contributed by atoms with Gasteiger partial charge >= 0.3 is 25.7 Å². The fraction of sp³-hybridized carbons (Fsp3) is 0.952. The SMILES string of the molecule is CCCCCCCCCCCCCCCCCCCCCC(=O)OC(COC(=O)CCCCCCCCCCCCCCC)COP(=O)(O)OCC(CO)OC(=O)CCCCCCCCCCCCCCCCC. The molecule has 0 spiro atoms. The lowest BCUT2D eigenvalue weighted by molar-refractivity contribution is -0.161. The fourth-order valence-electron chi connectivity index (χ4n) is 9.66. The molecule has 3 atom stereocenters. The van der Waals surface area contributed by atoms with Gasteiger partial charge < -0.3 is 24.2 Å². The van der Waals surface area contributed by atoms with Gasteiger partial charge in [0.25, 0.3) is 0 Å². The van der Waals surface area contributed by atoms with Crippen LogP contribution >= 0.6 is 7.82 Å². The predicted molar refractivity (Wildman–Crippen MR) is 307 cm³/mol. The molecule has 0 aromatic heterocycles. The normalized spacial score (nSPS) is 13.2. The van der Waals surface area contributed by atoms with Gasteiger partial charge in [-0.1, -0.05) is 303 Å². The first-order valence-corrected chi connectivity index (χ1v) is 33.4. The molecule has 0 aliphatic carbocycles. The Morgan fingerprint density at radius 3 is 0.797 bits per heavy atom. The van der Waals surface area contributed by atoms with Crippen LogP contribution in [0.2, 0.25) is 0 Å². The number of esters is 3. The van der Waals surface area contributed by atoms with Gasteiger partial charge in [-0.05, 0) is 19.3 Å². The van der Waals surface area contributed by atoms with Crippen molar-refractivity contribution in [1.82, 2.24) is 0 Å². The number of phosphoric ester groups is 1. The maximum Gasteiger partial charge on any atom is 0.472 e. The lowest BCUT2D eigenvalue weighted by atomic mass is 10.0. The minimum absolute atomic E-state index is 0.179. The molecule has 2 N–H and O–H groups in total. The number of ether oxygens (including phenoxy) is 3. The van der Waals surface area contributed by atoms with Crippen LogP contribution in [-0.4, -0.2) is 66.5 Å². The van der Waals surface area contributed by atoms with Crippen molar-refractivity contribution >= 4 is 25.7 Å². The zero-order valence-corrected chi connectivity index (χ0v) is 49.7. The Hall–Kier alpha value is -1.52. The molecule has 0 bridgehead atoms. The summed E-state index contributed by atoms with van der Waals surface area (Å²) in [4.78, 5) is 48.7. The summed E-state index contributed by atoms with van der Waals surface area (Å²) in [6.45, 7) is 4.74. The summed E-state index contributed by atoms with van der Waals surface area (Å²) < 4.78 is 39.7. The van der Waals surface area contributed by atoms with Crippen LogP contribution in [0.15, 0.2) is 0 Å². The quantitative estimate of drug-likeness (QED) is 0.0259. The van der Waals surface area contributed by atoms with Crippen molar-refractivity contribution in [1.29, 1.82) is 0 Å². The van der Waals surface area contributed by atoms with Crippen molar-refractivity contribution in [2.75, 3.05) is 26.4 Å². The molecule has 0 aliphatic heterocycles. The lowest BCUT2D eigenvalue weighted by Crippen LogP contribution is -2.30. The average molecular weight is 1070 g/mol. The van der Waals surface area contributed by atoms with E-state index in [1.165, 1.54) is 225 Å². The van der Waals surface area contributed by atoms with Gasteiger partial charge in [0.2, 0.25) is 0 Å². The van der Waals surface area contributed by atoms with Gasteiger partial charge in [0.1, 0.15) is 12.7 Å². The Balaban J connectivity index is 4.60. The van der Waals surface area contributed by atoms with Crippen molar-refractivity contribution in [3.05, 3.63) is 0 Å². The molecule has 0 saturated heterocycles. The van der Waals surface area contributed by atoms with E-state index in [1.807, 2.05) is 0 Å². The standard InChI is InChI=1S/C62H121O11P/c1-4-7-10-13-16-19-22-25-27-28-29-30-32-35-38-41-44-47-50-53-62(66)73-59(55-69-60(64)51-48-45-42-39-36-33-24-21-18-15-12-9-6-3)57-71-74(67,68)70-56-58(54-63)72-61(65)52-49-46-43-40-37-34-31-26-23-20-17-14-11-8-5-2/h58-59,63H,4-57H2,1-3H3,(H,67,68). The number of unbranched alkanes of at least 4 members (excludes halogenated alkanes) is 44. The molecule has 0 saturated carbocycles. The number of carbonyl (C=O) groups is 3. The first kappa shape index (κ1) is 72.5. The largest absolute Gasteiger partial charge is 0.472 e. The zero-order chi connectivity index (χ0) is 54.1. The number of aliphatic hydroxyl groups is 1. The second-order valence-electron chi connectivity index (χ2n) is 22.0. The first-order valence-electron chi connectivity index (χ1n) is 31.9. The summed E-state index contributed by atoms with van der Waals surface area (Å²) in [5.74, 6) is -1.42. The highest BCUT2D eigenvalue weighted by Crippen LogP contribution is 2.43. The summed E-state index contributed by atoms with van der Waals surface area (Å²) >= 11 is 0. The van der Waals surface area contributed by atoms with Crippen LogP contribution in [0.1, 0.15) is 342 Å². The minimum atomic E-state index is -4.74. The first-order chi connectivity index (χ1) is 36.2. The third-order valence-corrected chi connectivity index (χ3v) is 15.5. The van der Waals surface area contributed by atoms with Gasteiger partial charge in [0, 0.05) is 19.3 Å². The summed E-state index contributed by atoms with van der Waals surface area (Å²) in [6.07, 6.45) is 56.2.